The Balaban J connectivity index is 1.90. The van der Waals surface area contributed by atoms with Gasteiger partial charge in [-0.2, -0.15) is 0 Å². The van der Waals surface area contributed by atoms with Crippen LogP contribution >= 0.6 is 0 Å². The summed E-state index contributed by atoms with van der Waals surface area (Å²) >= 11 is 0. The molecule has 2 aromatic rings. The first-order valence-electron chi connectivity index (χ1n) is 10.3. The van der Waals surface area contributed by atoms with Gasteiger partial charge >= 0.3 is 0 Å². The number of rotatable bonds is 4. The summed E-state index contributed by atoms with van der Waals surface area (Å²) in [5.74, 6) is -1.20. The van der Waals surface area contributed by atoms with Crippen molar-refractivity contribution in [3.05, 3.63) is 58.5 Å². The molecule has 0 aliphatic carbocycles. The number of pyridine rings is 1. The minimum absolute atomic E-state index is 0.0664. The van der Waals surface area contributed by atoms with E-state index in [-0.39, 0.29) is 30.5 Å². The number of aliphatic hydroxyl groups is 1. The van der Waals surface area contributed by atoms with Crippen molar-refractivity contribution in [2.45, 2.75) is 32.0 Å². The molecule has 1 N–H and O–H groups in total. The highest BCUT2D eigenvalue weighted by molar-refractivity contribution is 5.84. The topological polar surface area (TPSA) is 82.9 Å². The molecule has 1 aromatic carbocycles. The smallest absolute Gasteiger partial charge is 0.258 e. The minimum atomic E-state index is -0.582. The SMILES string of the molecule is CCC(=O)N1[C@@H]2Cn3c(ccc(-c4ccccc4)c3=O)[C@H]1[C@@H](C(=O)N(C)C)[C@@H]2CO. The lowest BCUT2D eigenvalue weighted by Crippen LogP contribution is -2.49. The van der Waals surface area contributed by atoms with Crippen molar-refractivity contribution < 1.29 is 14.7 Å². The molecule has 3 heterocycles. The van der Waals surface area contributed by atoms with Crippen molar-refractivity contribution in [1.82, 2.24) is 14.4 Å². The van der Waals surface area contributed by atoms with Gasteiger partial charge in [-0.25, -0.2) is 0 Å². The van der Waals surface area contributed by atoms with Crippen LogP contribution in [0, 0.1) is 11.8 Å². The lowest BCUT2D eigenvalue weighted by molar-refractivity contribution is -0.138. The molecule has 30 heavy (non-hydrogen) atoms. The number of amides is 2. The maximum Gasteiger partial charge on any atom is 0.258 e. The number of hydrogen-bond acceptors (Lipinski definition) is 4. The highest BCUT2D eigenvalue weighted by Crippen LogP contribution is 2.49. The van der Waals surface area contributed by atoms with E-state index in [2.05, 4.69) is 0 Å². The Labute approximate surface area is 175 Å². The summed E-state index contributed by atoms with van der Waals surface area (Å²) in [6, 6.07) is 12.1. The number of benzene rings is 1. The average molecular weight is 409 g/mol. The molecule has 7 nitrogen and oxygen atoms in total. The van der Waals surface area contributed by atoms with E-state index in [0.29, 0.717) is 17.7 Å². The third kappa shape index (κ3) is 2.96. The van der Waals surface area contributed by atoms with Crippen molar-refractivity contribution in [3.63, 3.8) is 0 Å². The van der Waals surface area contributed by atoms with E-state index in [1.807, 2.05) is 36.4 Å². The van der Waals surface area contributed by atoms with Crippen LogP contribution in [0.15, 0.2) is 47.3 Å². The summed E-state index contributed by atoms with van der Waals surface area (Å²) in [6.45, 7) is 1.85. The molecule has 1 fully saturated rings. The lowest BCUT2D eigenvalue weighted by atomic mass is 9.86. The monoisotopic (exact) mass is 409 g/mol. The molecule has 0 radical (unpaired) electrons. The number of hydrogen-bond donors (Lipinski definition) is 1. The van der Waals surface area contributed by atoms with Crippen LogP contribution in [0.5, 0.6) is 0 Å². The Kier molecular flexibility index (Phi) is 5.24. The molecule has 4 atom stereocenters. The van der Waals surface area contributed by atoms with Crippen LogP contribution < -0.4 is 5.56 Å². The number of aliphatic hydroxyl groups excluding tert-OH is 1. The third-order valence-corrected chi connectivity index (χ3v) is 6.45. The van der Waals surface area contributed by atoms with Gasteiger partial charge in [-0.3, -0.25) is 14.4 Å². The summed E-state index contributed by atoms with van der Waals surface area (Å²) in [5, 5.41) is 10.2. The highest BCUT2D eigenvalue weighted by Gasteiger charge is 2.57. The molecule has 7 heteroatoms. The molecule has 4 rings (SSSR count). The van der Waals surface area contributed by atoms with Crippen LogP contribution in [0.25, 0.3) is 11.1 Å². The van der Waals surface area contributed by atoms with Gasteiger partial charge in [0.25, 0.3) is 5.56 Å². The molecule has 0 spiro atoms. The van der Waals surface area contributed by atoms with Gasteiger partial charge in [0.1, 0.15) is 0 Å². The maximum absolute atomic E-state index is 13.4. The van der Waals surface area contributed by atoms with Crippen LogP contribution in [-0.2, 0) is 16.1 Å². The minimum Gasteiger partial charge on any atom is -0.396 e. The number of nitrogens with zero attached hydrogens (tertiary/aromatic N) is 3. The third-order valence-electron chi connectivity index (χ3n) is 6.45. The van der Waals surface area contributed by atoms with Crippen molar-refractivity contribution in [2.24, 2.45) is 11.8 Å². The van der Waals surface area contributed by atoms with Crippen LogP contribution in [0.1, 0.15) is 25.1 Å². The predicted octanol–water partition coefficient (Wildman–Crippen LogP) is 1.50. The summed E-state index contributed by atoms with van der Waals surface area (Å²) in [6.07, 6.45) is 0.306. The number of fused-ring (bicyclic) bond motifs is 4. The molecule has 0 unspecified atom stereocenters. The molecule has 2 bridgehead atoms. The second-order valence-electron chi connectivity index (χ2n) is 8.23. The van der Waals surface area contributed by atoms with E-state index >= 15 is 0 Å². The summed E-state index contributed by atoms with van der Waals surface area (Å²) in [7, 11) is 3.35. The van der Waals surface area contributed by atoms with Crippen molar-refractivity contribution in [3.8, 4) is 11.1 Å². The van der Waals surface area contributed by atoms with E-state index in [1.165, 1.54) is 4.90 Å². The first-order valence-corrected chi connectivity index (χ1v) is 10.3. The van der Waals surface area contributed by atoms with Gasteiger partial charge in [-0.15, -0.1) is 0 Å². The van der Waals surface area contributed by atoms with Crippen LogP contribution in [-0.4, -0.2) is 58.0 Å². The quantitative estimate of drug-likeness (QED) is 0.830. The first-order chi connectivity index (χ1) is 14.4. The average Bonchev–Trinajstić information content (AvgIpc) is 3.00. The van der Waals surface area contributed by atoms with Gasteiger partial charge < -0.3 is 19.5 Å². The molecule has 1 aromatic heterocycles. The standard InChI is InChI=1S/C23H27N3O4/c1-4-19(28)26-18-12-25-17(21(26)20(16(18)13-27)23(30)24(2)3)11-10-15(22(25)29)14-8-6-5-7-9-14/h5-11,16,18,20-21,27H,4,12-13H2,1-3H3/t16-,18-,20+,21+/m1/s1. The fourth-order valence-corrected chi connectivity index (χ4v) is 5.05. The van der Waals surface area contributed by atoms with Crippen LogP contribution in [0.2, 0.25) is 0 Å². The fraction of sp³-hybridized carbons (Fsp3) is 0.435. The molecule has 2 aliphatic rings. The molecular weight excluding hydrogens is 382 g/mol. The summed E-state index contributed by atoms with van der Waals surface area (Å²) in [5.41, 5.74) is 1.95. The van der Waals surface area contributed by atoms with Crippen molar-refractivity contribution in [1.29, 1.82) is 0 Å². The zero-order valence-corrected chi connectivity index (χ0v) is 17.5. The molecule has 158 valence electrons. The Morgan fingerprint density at radius 3 is 2.43 bits per heavy atom. The maximum atomic E-state index is 13.4. The zero-order valence-electron chi connectivity index (χ0n) is 17.5. The van der Waals surface area contributed by atoms with Crippen LogP contribution in [0.4, 0.5) is 0 Å². The van der Waals surface area contributed by atoms with Gasteiger partial charge in [0, 0.05) is 50.8 Å². The predicted molar refractivity (Wildman–Crippen MR) is 113 cm³/mol. The molecule has 1 saturated heterocycles. The normalized spacial score (nSPS) is 24.5. The number of carbonyl (C=O) groups is 2. The van der Waals surface area contributed by atoms with Gasteiger partial charge in [-0.05, 0) is 17.7 Å². The van der Waals surface area contributed by atoms with E-state index in [4.69, 9.17) is 0 Å². The Hall–Kier alpha value is -2.93. The zero-order chi connectivity index (χ0) is 21.6. The van der Waals surface area contributed by atoms with Crippen molar-refractivity contribution in [2.75, 3.05) is 20.7 Å². The van der Waals surface area contributed by atoms with E-state index in [0.717, 1.165) is 5.56 Å². The Morgan fingerprint density at radius 1 is 1.13 bits per heavy atom. The molecule has 0 saturated carbocycles. The van der Waals surface area contributed by atoms with Crippen LogP contribution in [0.3, 0.4) is 0 Å². The highest BCUT2D eigenvalue weighted by atomic mass is 16.3. The summed E-state index contributed by atoms with van der Waals surface area (Å²) < 4.78 is 1.70. The molecular formula is C23H27N3O4. The largest absolute Gasteiger partial charge is 0.396 e. The number of carbonyl (C=O) groups excluding carboxylic acids is 2. The van der Waals surface area contributed by atoms with Gasteiger partial charge in [-0.1, -0.05) is 37.3 Å². The molecule has 2 aliphatic heterocycles. The van der Waals surface area contributed by atoms with Gasteiger partial charge in [0.15, 0.2) is 0 Å². The first kappa shape index (κ1) is 20.3. The Bertz CT molecular complexity index is 1030. The second-order valence-corrected chi connectivity index (χ2v) is 8.23. The van der Waals surface area contributed by atoms with E-state index < -0.39 is 23.9 Å². The van der Waals surface area contributed by atoms with E-state index in [9.17, 15) is 19.5 Å². The summed E-state index contributed by atoms with van der Waals surface area (Å²) in [4.78, 5) is 42.6. The Morgan fingerprint density at radius 2 is 1.83 bits per heavy atom. The van der Waals surface area contributed by atoms with Crippen molar-refractivity contribution >= 4 is 11.8 Å². The molecule has 2 amide bonds. The van der Waals surface area contributed by atoms with E-state index in [1.54, 1.807) is 36.6 Å². The van der Waals surface area contributed by atoms with Gasteiger partial charge in [0.2, 0.25) is 11.8 Å². The van der Waals surface area contributed by atoms with Gasteiger partial charge in [0.05, 0.1) is 18.0 Å². The fourth-order valence-electron chi connectivity index (χ4n) is 5.05. The number of aromatic nitrogens is 1. The lowest BCUT2D eigenvalue weighted by Gasteiger charge is -2.38. The second kappa shape index (κ2) is 7.72.